The molecule has 1 aliphatic carbocycles. The molecule has 2 aromatic rings. The topological polar surface area (TPSA) is 58.6 Å². The molecule has 0 bridgehead atoms. The zero-order valence-corrected chi connectivity index (χ0v) is 17.1. The van der Waals surface area contributed by atoms with Crippen molar-refractivity contribution in [3.63, 3.8) is 0 Å². The number of rotatable bonds is 6. The Morgan fingerprint density at radius 2 is 1.55 bits per heavy atom. The lowest BCUT2D eigenvalue weighted by Crippen LogP contribution is -2.62. The first-order valence-electron chi connectivity index (χ1n) is 9.75. The van der Waals surface area contributed by atoms with E-state index in [4.69, 9.17) is 4.74 Å². The molecular weight excluding hydrogens is 376 g/mol. The zero-order chi connectivity index (χ0) is 21.4. The maximum Gasteiger partial charge on any atom is 0.407 e. The second-order valence-electron chi connectivity index (χ2n) is 8.39. The summed E-state index contributed by atoms with van der Waals surface area (Å²) in [5.74, 6) is -4.33. The number of benzene rings is 2. The van der Waals surface area contributed by atoms with Crippen LogP contribution in [0.2, 0.25) is 0 Å². The fourth-order valence-corrected chi connectivity index (χ4v) is 3.76. The fourth-order valence-electron chi connectivity index (χ4n) is 3.76. The molecule has 2 N–H and O–H groups in total. The number of alkyl carbamates (subject to hydrolysis) is 1. The van der Waals surface area contributed by atoms with Crippen LogP contribution in [-0.4, -0.2) is 35.4 Å². The molecule has 0 aliphatic heterocycles. The number of aliphatic hydroxyl groups excluding tert-OH is 1. The Balaban J connectivity index is 1.71. The zero-order valence-electron chi connectivity index (χ0n) is 17.1. The SMILES string of the molecule is CC(C)C(O)C(F)(F)C(C)(C)NC(=O)OCC1c2ccccc2-c2ccccc21. The normalized spacial score (nSPS) is 15.0. The predicted molar refractivity (Wildman–Crippen MR) is 108 cm³/mol. The third kappa shape index (κ3) is 3.86. The highest BCUT2D eigenvalue weighted by atomic mass is 19.3. The lowest BCUT2D eigenvalue weighted by molar-refractivity contribution is -0.170. The van der Waals surface area contributed by atoms with Gasteiger partial charge in [-0.3, -0.25) is 0 Å². The Morgan fingerprint density at radius 1 is 1.07 bits per heavy atom. The summed E-state index contributed by atoms with van der Waals surface area (Å²) in [5, 5.41) is 12.1. The van der Waals surface area contributed by atoms with Crippen LogP contribution < -0.4 is 5.32 Å². The quantitative estimate of drug-likeness (QED) is 0.717. The van der Waals surface area contributed by atoms with Crippen molar-refractivity contribution in [2.75, 3.05) is 6.61 Å². The van der Waals surface area contributed by atoms with E-state index in [1.165, 1.54) is 27.7 Å². The summed E-state index contributed by atoms with van der Waals surface area (Å²) in [7, 11) is 0. The maximum atomic E-state index is 14.6. The number of nitrogens with one attached hydrogen (secondary N) is 1. The summed E-state index contributed by atoms with van der Waals surface area (Å²) in [6.07, 6.45) is -2.82. The third-order valence-corrected chi connectivity index (χ3v) is 5.59. The van der Waals surface area contributed by atoms with E-state index in [1.54, 1.807) is 0 Å². The van der Waals surface area contributed by atoms with Crippen molar-refractivity contribution in [2.24, 2.45) is 5.92 Å². The number of carbonyl (C=O) groups is 1. The van der Waals surface area contributed by atoms with Gasteiger partial charge in [-0.05, 0) is 42.0 Å². The van der Waals surface area contributed by atoms with Gasteiger partial charge in [-0.2, -0.15) is 0 Å². The maximum absolute atomic E-state index is 14.6. The summed E-state index contributed by atoms with van der Waals surface area (Å²) in [6, 6.07) is 15.8. The van der Waals surface area contributed by atoms with Crippen LogP contribution in [-0.2, 0) is 4.74 Å². The van der Waals surface area contributed by atoms with Crippen LogP contribution in [0.25, 0.3) is 11.1 Å². The molecule has 0 heterocycles. The second-order valence-corrected chi connectivity index (χ2v) is 8.39. The molecule has 3 rings (SSSR count). The van der Waals surface area contributed by atoms with Crippen molar-refractivity contribution in [3.05, 3.63) is 59.7 Å². The Bertz CT molecular complexity index is 850. The number of alkyl halides is 2. The van der Waals surface area contributed by atoms with Gasteiger partial charge in [-0.15, -0.1) is 0 Å². The summed E-state index contributed by atoms with van der Waals surface area (Å²) in [6.45, 7) is 5.40. The standard InChI is InChI=1S/C23H27F2NO3/c1-14(2)20(27)23(24,25)22(3,4)26-21(28)29-13-19-17-11-7-5-9-15(17)16-10-6-8-12-18(16)19/h5-12,14,19-20,27H,13H2,1-4H3,(H,26,28). The number of ether oxygens (including phenoxy) is 1. The molecule has 156 valence electrons. The predicted octanol–water partition coefficient (Wildman–Crippen LogP) is 4.96. The number of halogens is 2. The van der Waals surface area contributed by atoms with Crippen LogP contribution in [0.5, 0.6) is 0 Å². The first-order valence-corrected chi connectivity index (χ1v) is 9.75. The summed E-state index contributed by atoms with van der Waals surface area (Å²) in [5.41, 5.74) is 2.29. The van der Waals surface area contributed by atoms with E-state index in [0.29, 0.717) is 0 Å². The van der Waals surface area contributed by atoms with Crippen molar-refractivity contribution in [1.29, 1.82) is 0 Å². The van der Waals surface area contributed by atoms with E-state index >= 15 is 0 Å². The molecule has 1 unspecified atom stereocenters. The molecule has 2 aromatic carbocycles. The number of hydrogen-bond acceptors (Lipinski definition) is 3. The molecule has 0 spiro atoms. The number of carbonyl (C=O) groups excluding carboxylic acids is 1. The number of hydrogen-bond donors (Lipinski definition) is 2. The van der Waals surface area contributed by atoms with Gasteiger partial charge in [-0.25, -0.2) is 13.6 Å². The second kappa shape index (κ2) is 7.75. The first-order chi connectivity index (χ1) is 13.6. The van der Waals surface area contributed by atoms with Crippen molar-refractivity contribution in [2.45, 2.75) is 51.2 Å². The van der Waals surface area contributed by atoms with E-state index in [9.17, 15) is 18.7 Å². The van der Waals surface area contributed by atoms with Crippen molar-refractivity contribution in [3.8, 4) is 11.1 Å². The van der Waals surface area contributed by atoms with E-state index < -0.39 is 29.6 Å². The third-order valence-electron chi connectivity index (χ3n) is 5.59. The van der Waals surface area contributed by atoms with Crippen LogP contribution in [0.15, 0.2) is 48.5 Å². The Morgan fingerprint density at radius 3 is 2.03 bits per heavy atom. The van der Waals surface area contributed by atoms with E-state index in [-0.39, 0.29) is 12.5 Å². The highest BCUT2D eigenvalue weighted by molar-refractivity contribution is 5.79. The van der Waals surface area contributed by atoms with Crippen molar-refractivity contribution >= 4 is 6.09 Å². The van der Waals surface area contributed by atoms with Crippen LogP contribution in [0, 0.1) is 5.92 Å². The average Bonchev–Trinajstić information content (AvgIpc) is 2.99. The monoisotopic (exact) mass is 403 g/mol. The molecule has 0 fully saturated rings. The average molecular weight is 403 g/mol. The highest BCUT2D eigenvalue weighted by Gasteiger charge is 2.54. The van der Waals surface area contributed by atoms with Crippen LogP contribution >= 0.6 is 0 Å². The lowest BCUT2D eigenvalue weighted by atomic mass is 9.87. The van der Waals surface area contributed by atoms with Crippen LogP contribution in [0.4, 0.5) is 13.6 Å². The van der Waals surface area contributed by atoms with Gasteiger partial charge >= 0.3 is 6.09 Å². The minimum atomic E-state index is -3.52. The molecule has 4 nitrogen and oxygen atoms in total. The Hall–Kier alpha value is -2.47. The summed E-state index contributed by atoms with van der Waals surface area (Å²) in [4.78, 5) is 12.3. The molecule has 1 amide bonds. The van der Waals surface area contributed by atoms with Gasteiger partial charge in [0.05, 0.1) is 0 Å². The van der Waals surface area contributed by atoms with Crippen molar-refractivity contribution in [1.82, 2.24) is 5.32 Å². The minimum Gasteiger partial charge on any atom is -0.449 e. The number of aliphatic hydroxyl groups is 1. The van der Waals surface area contributed by atoms with E-state index in [2.05, 4.69) is 5.32 Å². The van der Waals surface area contributed by atoms with Gasteiger partial charge in [0, 0.05) is 5.92 Å². The smallest absolute Gasteiger partial charge is 0.407 e. The van der Waals surface area contributed by atoms with Crippen molar-refractivity contribution < 1.29 is 23.4 Å². The lowest BCUT2D eigenvalue weighted by Gasteiger charge is -2.38. The van der Waals surface area contributed by atoms with Gasteiger partial charge < -0.3 is 15.2 Å². The molecule has 1 aliphatic rings. The molecule has 0 radical (unpaired) electrons. The number of amides is 1. The number of fused-ring (bicyclic) bond motifs is 3. The van der Waals surface area contributed by atoms with Crippen LogP contribution in [0.3, 0.4) is 0 Å². The van der Waals surface area contributed by atoms with Gasteiger partial charge in [0.2, 0.25) is 0 Å². The Kier molecular flexibility index (Phi) is 5.68. The first kappa shape index (κ1) is 21.2. The van der Waals surface area contributed by atoms with Crippen LogP contribution in [0.1, 0.15) is 44.7 Å². The summed E-state index contributed by atoms with van der Waals surface area (Å²) >= 11 is 0. The summed E-state index contributed by atoms with van der Waals surface area (Å²) < 4.78 is 34.6. The molecular formula is C23H27F2NO3. The van der Waals surface area contributed by atoms with Gasteiger partial charge in [0.1, 0.15) is 18.2 Å². The molecule has 0 saturated carbocycles. The largest absolute Gasteiger partial charge is 0.449 e. The van der Waals surface area contributed by atoms with E-state index in [1.807, 2.05) is 48.5 Å². The Labute approximate surface area is 169 Å². The fraction of sp³-hybridized carbons (Fsp3) is 0.435. The molecule has 6 heteroatoms. The van der Waals surface area contributed by atoms with Gasteiger partial charge in [0.25, 0.3) is 5.92 Å². The van der Waals surface area contributed by atoms with E-state index in [0.717, 1.165) is 22.3 Å². The molecule has 1 atom stereocenters. The van der Waals surface area contributed by atoms with Gasteiger partial charge in [-0.1, -0.05) is 62.4 Å². The molecule has 0 aromatic heterocycles. The minimum absolute atomic E-state index is 0.0360. The van der Waals surface area contributed by atoms with Gasteiger partial charge in [0.15, 0.2) is 0 Å². The molecule has 29 heavy (non-hydrogen) atoms. The highest BCUT2D eigenvalue weighted by Crippen LogP contribution is 2.44. The molecule has 0 saturated heterocycles.